The molecule has 6 nitrogen and oxygen atoms in total. The summed E-state index contributed by atoms with van der Waals surface area (Å²) in [4.78, 5) is 8.12. The average Bonchev–Trinajstić information content (AvgIpc) is 2.89. The second-order valence-corrected chi connectivity index (χ2v) is 4.77. The number of rotatable bonds is 4. The van der Waals surface area contributed by atoms with Gasteiger partial charge < -0.3 is 4.74 Å². The Hall–Kier alpha value is -2.54. The molecule has 0 bridgehead atoms. The molecule has 21 heavy (non-hydrogen) atoms. The Balaban J connectivity index is 1.99. The molecule has 0 aliphatic heterocycles. The molecule has 0 aliphatic rings. The molecule has 0 radical (unpaired) electrons. The van der Waals surface area contributed by atoms with Crippen molar-refractivity contribution < 1.29 is 4.74 Å². The van der Waals surface area contributed by atoms with Crippen LogP contribution in [0.1, 0.15) is 5.56 Å². The lowest BCUT2D eigenvalue weighted by Gasteiger charge is -2.08. The number of ether oxygens (including phenoxy) is 1. The summed E-state index contributed by atoms with van der Waals surface area (Å²) in [5.74, 6) is 1.35. The Morgan fingerprint density at radius 2 is 2.05 bits per heavy atom. The zero-order chi connectivity index (χ0) is 14.7. The van der Waals surface area contributed by atoms with Crippen molar-refractivity contribution in [1.29, 1.82) is 0 Å². The molecule has 0 spiro atoms. The van der Waals surface area contributed by atoms with Crippen molar-refractivity contribution in [3.63, 3.8) is 0 Å². The molecule has 0 amide bonds. The molecule has 0 saturated heterocycles. The topological polar surface area (TPSA) is 68.6 Å². The first-order chi connectivity index (χ1) is 10.3. The first-order valence-corrected chi connectivity index (χ1v) is 6.73. The second-order valence-electron chi connectivity index (χ2n) is 4.38. The van der Waals surface area contributed by atoms with Crippen LogP contribution in [-0.4, -0.2) is 31.8 Å². The predicted octanol–water partition coefficient (Wildman–Crippen LogP) is 2.45. The molecule has 3 aromatic rings. The Bertz CT molecular complexity index is 796. The first kappa shape index (κ1) is 13.4. The number of hydrogen-bond donors (Lipinski definition) is 1. The van der Waals surface area contributed by atoms with Gasteiger partial charge in [-0.05, 0) is 36.0 Å². The van der Waals surface area contributed by atoms with Gasteiger partial charge in [0, 0.05) is 30.2 Å². The van der Waals surface area contributed by atoms with Crippen LogP contribution >= 0.6 is 12.2 Å². The number of H-pyrrole nitrogens is 1. The van der Waals surface area contributed by atoms with E-state index >= 15 is 0 Å². The number of aromatic nitrogens is 5. The minimum atomic E-state index is 0.567. The lowest BCUT2D eigenvalue weighted by molar-refractivity contribution is 0.397. The van der Waals surface area contributed by atoms with Crippen LogP contribution in [0, 0.1) is 4.77 Å². The fourth-order valence-electron chi connectivity index (χ4n) is 2.03. The van der Waals surface area contributed by atoms with Gasteiger partial charge in [0.05, 0.1) is 13.7 Å². The lowest BCUT2D eigenvalue weighted by atomic mass is 10.2. The van der Waals surface area contributed by atoms with E-state index in [4.69, 9.17) is 17.0 Å². The van der Waals surface area contributed by atoms with E-state index in [0.717, 1.165) is 17.0 Å². The zero-order valence-corrected chi connectivity index (χ0v) is 12.2. The summed E-state index contributed by atoms with van der Waals surface area (Å²) in [6, 6.07) is 7.60. The minimum absolute atomic E-state index is 0.567. The molecule has 7 heteroatoms. The van der Waals surface area contributed by atoms with E-state index in [0.29, 0.717) is 17.2 Å². The van der Waals surface area contributed by atoms with Crippen molar-refractivity contribution in [3.8, 4) is 17.3 Å². The van der Waals surface area contributed by atoms with Gasteiger partial charge in [0.25, 0.3) is 0 Å². The standard InChI is InChI=1S/C14H13N5OS/c1-20-12-8-10(2-7-16-12)9-19-13(17-18-14(19)21)11-3-5-15-6-4-11/h2-8H,9H2,1H3,(H,18,21). The molecule has 0 aliphatic carbocycles. The quantitative estimate of drug-likeness (QED) is 0.749. The Morgan fingerprint density at radius 3 is 2.81 bits per heavy atom. The summed E-state index contributed by atoms with van der Waals surface area (Å²) in [7, 11) is 1.60. The molecule has 1 N–H and O–H groups in total. The molecule has 0 unspecified atom stereocenters. The summed E-state index contributed by atoms with van der Waals surface area (Å²) in [5.41, 5.74) is 1.99. The predicted molar refractivity (Wildman–Crippen MR) is 80.5 cm³/mol. The van der Waals surface area contributed by atoms with E-state index in [2.05, 4.69) is 20.2 Å². The maximum Gasteiger partial charge on any atom is 0.213 e. The van der Waals surface area contributed by atoms with E-state index in [-0.39, 0.29) is 0 Å². The number of aromatic amines is 1. The van der Waals surface area contributed by atoms with Gasteiger partial charge >= 0.3 is 0 Å². The molecular weight excluding hydrogens is 286 g/mol. The second kappa shape index (κ2) is 5.84. The largest absolute Gasteiger partial charge is 0.481 e. The highest BCUT2D eigenvalue weighted by molar-refractivity contribution is 7.71. The van der Waals surface area contributed by atoms with Gasteiger partial charge in [0.15, 0.2) is 10.6 Å². The first-order valence-electron chi connectivity index (χ1n) is 6.32. The van der Waals surface area contributed by atoms with Crippen LogP contribution in [0.2, 0.25) is 0 Å². The van der Waals surface area contributed by atoms with Gasteiger partial charge in [0.1, 0.15) is 0 Å². The Kier molecular flexibility index (Phi) is 3.74. The van der Waals surface area contributed by atoms with Gasteiger partial charge in [-0.15, -0.1) is 0 Å². The van der Waals surface area contributed by atoms with Crippen LogP contribution in [0.4, 0.5) is 0 Å². The fourth-order valence-corrected chi connectivity index (χ4v) is 2.23. The zero-order valence-electron chi connectivity index (χ0n) is 11.4. The van der Waals surface area contributed by atoms with Crippen LogP contribution in [0.5, 0.6) is 5.88 Å². The van der Waals surface area contributed by atoms with E-state index < -0.39 is 0 Å². The molecule has 0 fully saturated rings. The molecule has 3 aromatic heterocycles. The maximum atomic E-state index is 5.32. The van der Waals surface area contributed by atoms with Crippen LogP contribution in [-0.2, 0) is 6.54 Å². The summed E-state index contributed by atoms with van der Waals surface area (Å²) >= 11 is 5.32. The van der Waals surface area contributed by atoms with Gasteiger partial charge in [-0.3, -0.25) is 14.6 Å². The highest BCUT2D eigenvalue weighted by atomic mass is 32.1. The fraction of sp³-hybridized carbons (Fsp3) is 0.143. The van der Waals surface area contributed by atoms with Gasteiger partial charge in [0.2, 0.25) is 5.88 Å². The summed E-state index contributed by atoms with van der Waals surface area (Å²) in [6.07, 6.45) is 5.17. The van der Waals surface area contributed by atoms with E-state index in [1.807, 2.05) is 28.8 Å². The number of methoxy groups -OCH3 is 1. The lowest BCUT2D eigenvalue weighted by Crippen LogP contribution is -2.03. The van der Waals surface area contributed by atoms with Crippen LogP contribution in [0.15, 0.2) is 42.9 Å². The third-order valence-electron chi connectivity index (χ3n) is 3.05. The molecule has 0 saturated carbocycles. The Labute approximate surface area is 126 Å². The van der Waals surface area contributed by atoms with E-state index in [1.165, 1.54) is 0 Å². The maximum absolute atomic E-state index is 5.32. The van der Waals surface area contributed by atoms with Crippen molar-refractivity contribution in [2.45, 2.75) is 6.54 Å². The monoisotopic (exact) mass is 299 g/mol. The highest BCUT2D eigenvalue weighted by Gasteiger charge is 2.09. The van der Waals surface area contributed by atoms with Crippen molar-refractivity contribution in [1.82, 2.24) is 24.7 Å². The highest BCUT2D eigenvalue weighted by Crippen LogP contribution is 2.18. The van der Waals surface area contributed by atoms with E-state index in [1.54, 1.807) is 25.7 Å². The van der Waals surface area contributed by atoms with Crippen LogP contribution in [0.25, 0.3) is 11.4 Å². The average molecular weight is 299 g/mol. The SMILES string of the molecule is COc1cc(Cn2c(-c3ccncc3)n[nH]c2=S)ccn1. The van der Waals surface area contributed by atoms with Gasteiger partial charge in [-0.1, -0.05) is 0 Å². The normalized spacial score (nSPS) is 10.5. The van der Waals surface area contributed by atoms with Crippen LogP contribution < -0.4 is 4.74 Å². The Morgan fingerprint density at radius 1 is 1.24 bits per heavy atom. The van der Waals surface area contributed by atoms with Crippen LogP contribution in [0.3, 0.4) is 0 Å². The van der Waals surface area contributed by atoms with Gasteiger partial charge in [-0.25, -0.2) is 4.98 Å². The van der Waals surface area contributed by atoms with Gasteiger partial charge in [-0.2, -0.15) is 5.10 Å². The minimum Gasteiger partial charge on any atom is -0.481 e. The molecule has 3 heterocycles. The molecule has 3 rings (SSSR count). The molecule has 0 atom stereocenters. The number of nitrogens with one attached hydrogen (secondary N) is 1. The van der Waals surface area contributed by atoms with Crippen molar-refractivity contribution >= 4 is 12.2 Å². The van der Waals surface area contributed by atoms with Crippen molar-refractivity contribution in [2.75, 3.05) is 7.11 Å². The van der Waals surface area contributed by atoms with Crippen molar-refractivity contribution in [3.05, 3.63) is 53.2 Å². The number of pyridine rings is 2. The molecule has 0 aromatic carbocycles. The number of nitrogens with zero attached hydrogens (tertiary/aromatic N) is 4. The third kappa shape index (κ3) is 2.82. The summed E-state index contributed by atoms with van der Waals surface area (Å²) < 4.78 is 7.64. The summed E-state index contributed by atoms with van der Waals surface area (Å²) in [6.45, 7) is 0.589. The molecule has 106 valence electrons. The molecular formula is C14H13N5OS. The third-order valence-corrected chi connectivity index (χ3v) is 3.36. The van der Waals surface area contributed by atoms with Crippen molar-refractivity contribution in [2.24, 2.45) is 0 Å². The summed E-state index contributed by atoms with van der Waals surface area (Å²) in [5, 5.41) is 7.13. The smallest absolute Gasteiger partial charge is 0.213 e. The number of hydrogen-bond acceptors (Lipinski definition) is 5. The van der Waals surface area contributed by atoms with E-state index in [9.17, 15) is 0 Å².